The Kier molecular flexibility index (Phi) is 6.55. The molecule has 2 unspecified atom stereocenters. The monoisotopic (exact) mass is 232 g/mol. The van der Waals surface area contributed by atoms with Crippen LogP contribution in [0.1, 0.15) is 27.2 Å². The predicted octanol–water partition coefficient (Wildman–Crippen LogP) is 0.535. The smallest absolute Gasteiger partial charge is 0.323 e. The summed E-state index contributed by atoms with van der Waals surface area (Å²) in [4.78, 5) is 13.0. The molecule has 0 heterocycles. The number of carboxylic acid groups (broad SMARTS) is 1. The number of methoxy groups -OCH3 is 1. The number of carbonyl (C=O) groups is 1. The van der Waals surface area contributed by atoms with E-state index in [1.54, 1.807) is 14.0 Å². The number of nitrogens with zero attached hydrogens (tertiary/aromatic N) is 1. The van der Waals surface area contributed by atoms with Gasteiger partial charge in [0.05, 0.1) is 6.61 Å². The normalized spacial score (nSPS) is 17.1. The number of hydrogen-bond acceptors (Lipinski definition) is 4. The number of hydrogen-bond donors (Lipinski definition) is 2. The van der Waals surface area contributed by atoms with Gasteiger partial charge >= 0.3 is 5.97 Å². The van der Waals surface area contributed by atoms with Crippen molar-refractivity contribution in [1.29, 1.82) is 0 Å². The zero-order valence-corrected chi connectivity index (χ0v) is 10.7. The van der Waals surface area contributed by atoms with Gasteiger partial charge in [-0.15, -0.1) is 0 Å². The molecule has 3 N–H and O–H groups in total. The second kappa shape index (κ2) is 6.83. The fourth-order valence-corrected chi connectivity index (χ4v) is 1.52. The molecule has 0 amide bonds. The van der Waals surface area contributed by atoms with Crippen molar-refractivity contribution in [2.75, 3.05) is 26.8 Å². The minimum absolute atomic E-state index is 0.277. The molecule has 2 atom stereocenters. The SMILES string of the molecule is CCN(CCC(C)(N)C(=O)O)C(C)COC. The second-order valence-electron chi connectivity index (χ2n) is 4.41. The third-order valence-electron chi connectivity index (χ3n) is 2.84. The van der Waals surface area contributed by atoms with Crippen molar-refractivity contribution in [3.8, 4) is 0 Å². The zero-order valence-electron chi connectivity index (χ0n) is 10.7. The first-order valence-corrected chi connectivity index (χ1v) is 5.60. The Morgan fingerprint density at radius 2 is 2.19 bits per heavy atom. The van der Waals surface area contributed by atoms with Crippen LogP contribution < -0.4 is 5.73 Å². The summed E-state index contributed by atoms with van der Waals surface area (Å²) in [6.07, 6.45) is 0.435. The van der Waals surface area contributed by atoms with E-state index in [4.69, 9.17) is 15.6 Å². The van der Waals surface area contributed by atoms with Crippen molar-refractivity contribution in [3.63, 3.8) is 0 Å². The van der Waals surface area contributed by atoms with Crippen LogP contribution in [0.15, 0.2) is 0 Å². The van der Waals surface area contributed by atoms with Crippen molar-refractivity contribution in [2.24, 2.45) is 5.73 Å². The second-order valence-corrected chi connectivity index (χ2v) is 4.41. The van der Waals surface area contributed by atoms with Gasteiger partial charge in [0.25, 0.3) is 0 Å². The molecule has 0 aliphatic carbocycles. The molecule has 5 heteroatoms. The fourth-order valence-electron chi connectivity index (χ4n) is 1.52. The van der Waals surface area contributed by atoms with Gasteiger partial charge < -0.3 is 15.6 Å². The Balaban J connectivity index is 4.19. The summed E-state index contributed by atoms with van der Waals surface area (Å²) in [5.41, 5.74) is 4.53. The minimum atomic E-state index is -1.15. The van der Waals surface area contributed by atoms with Crippen LogP contribution in [-0.4, -0.2) is 54.4 Å². The third kappa shape index (κ3) is 4.92. The first-order valence-electron chi connectivity index (χ1n) is 5.60. The molecule has 0 radical (unpaired) electrons. The van der Waals surface area contributed by atoms with Crippen LogP contribution in [0, 0.1) is 0 Å². The molecule has 96 valence electrons. The molecule has 0 spiro atoms. The number of carboxylic acids is 1. The fraction of sp³-hybridized carbons (Fsp3) is 0.909. The van der Waals surface area contributed by atoms with Crippen LogP contribution in [-0.2, 0) is 9.53 Å². The molecule has 0 fully saturated rings. The van der Waals surface area contributed by atoms with Gasteiger partial charge in [0.2, 0.25) is 0 Å². The number of ether oxygens (including phenoxy) is 1. The Labute approximate surface area is 97.6 Å². The Hall–Kier alpha value is -0.650. The Morgan fingerprint density at radius 3 is 2.56 bits per heavy atom. The average Bonchev–Trinajstić information content (AvgIpc) is 2.18. The first kappa shape index (κ1) is 15.3. The highest BCUT2D eigenvalue weighted by atomic mass is 16.5. The predicted molar refractivity (Wildman–Crippen MR) is 63.4 cm³/mol. The van der Waals surface area contributed by atoms with Crippen molar-refractivity contribution in [2.45, 2.75) is 38.8 Å². The molecule has 0 saturated carbocycles. The summed E-state index contributed by atoms with van der Waals surface area (Å²) in [7, 11) is 1.66. The molecule has 0 aromatic carbocycles. The highest BCUT2D eigenvalue weighted by Gasteiger charge is 2.28. The highest BCUT2D eigenvalue weighted by molar-refractivity contribution is 5.77. The summed E-state index contributed by atoms with van der Waals surface area (Å²) in [5, 5.41) is 8.90. The van der Waals surface area contributed by atoms with E-state index >= 15 is 0 Å². The van der Waals surface area contributed by atoms with Gasteiger partial charge in [0.15, 0.2) is 0 Å². The molecule has 16 heavy (non-hydrogen) atoms. The van der Waals surface area contributed by atoms with Gasteiger partial charge in [-0.05, 0) is 26.8 Å². The molecule has 0 rings (SSSR count). The Morgan fingerprint density at radius 1 is 1.62 bits per heavy atom. The largest absolute Gasteiger partial charge is 0.480 e. The van der Waals surface area contributed by atoms with Crippen LogP contribution in [0.4, 0.5) is 0 Å². The zero-order chi connectivity index (χ0) is 12.8. The van der Waals surface area contributed by atoms with Crippen LogP contribution in [0.5, 0.6) is 0 Å². The minimum Gasteiger partial charge on any atom is -0.480 e. The lowest BCUT2D eigenvalue weighted by molar-refractivity contribution is -0.143. The third-order valence-corrected chi connectivity index (χ3v) is 2.84. The van der Waals surface area contributed by atoms with E-state index in [1.807, 2.05) is 6.92 Å². The summed E-state index contributed by atoms with van der Waals surface area (Å²) in [5.74, 6) is -0.956. The average molecular weight is 232 g/mol. The number of likely N-dealkylation sites (N-methyl/N-ethyl adjacent to an activating group) is 1. The number of rotatable bonds is 8. The maximum absolute atomic E-state index is 10.8. The van der Waals surface area contributed by atoms with Crippen molar-refractivity contribution >= 4 is 5.97 Å². The molecule has 0 aromatic heterocycles. The molecule has 0 aromatic rings. The first-order chi connectivity index (χ1) is 7.35. The Bertz CT molecular complexity index is 219. The van der Waals surface area contributed by atoms with E-state index in [-0.39, 0.29) is 6.04 Å². The van der Waals surface area contributed by atoms with Crippen LogP contribution in [0.2, 0.25) is 0 Å². The summed E-state index contributed by atoms with van der Waals surface area (Å²) in [6.45, 7) is 7.81. The van der Waals surface area contributed by atoms with Gasteiger partial charge in [0, 0.05) is 19.7 Å². The van der Waals surface area contributed by atoms with Gasteiger partial charge in [-0.3, -0.25) is 9.69 Å². The molecule has 0 saturated heterocycles. The van der Waals surface area contributed by atoms with Crippen molar-refractivity contribution in [3.05, 3.63) is 0 Å². The van der Waals surface area contributed by atoms with E-state index in [1.165, 1.54) is 0 Å². The lowest BCUT2D eigenvalue weighted by Gasteiger charge is -2.30. The van der Waals surface area contributed by atoms with E-state index in [2.05, 4.69) is 11.8 Å². The lowest BCUT2D eigenvalue weighted by atomic mass is 9.99. The van der Waals surface area contributed by atoms with Gasteiger partial charge in [-0.1, -0.05) is 6.92 Å². The quantitative estimate of drug-likeness (QED) is 0.638. The molecule has 5 nitrogen and oxygen atoms in total. The topological polar surface area (TPSA) is 75.8 Å². The van der Waals surface area contributed by atoms with Crippen LogP contribution in [0.3, 0.4) is 0 Å². The number of nitrogens with two attached hydrogens (primary N) is 1. The summed E-state index contributed by atoms with van der Waals surface area (Å²) >= 11 is 0. The number of aliphatic carboxylic acids is 1. The summed E-state index contributed by atoms with van der Waals surface area (Å²) in [6, 6.07) is 0.277. The van der Waals surface area contributed by atoms with Gasteiger partial charge in [-0.2, -0.15) is 0 Å². The van der Waals surface area contributed by atoms with E-state index in [9.17, 15) is 4.79 Å². The molecule has 0 aliphatic heterocycles. The van der Waals surface area contributed by atoms with Gasteiger partial charge in [-0.25, -0.2) is 0 Å². The van der Waals surface area contributed by atoms with Gasteiger partial charge in [0.1, 0.15) is 5.54 Å². The highest BCUT2D eigenvalue weighted by Crippen LogP contribution is 2.09. The lowest BCUT2D eigenvalue weighted by Crippen LogP contribution is -2.48. The van der Waals surface area contributed by atoms with Crippen molar-refractivity contribution in [1.82, 2.24) is 4.90 Å². The molecular formula is C11H24N2O3. The van der Waals surface area contributed by atoms with E-state index < -0.39 is 11.5 Å². The maximum atomic E-state index is 10.8. The molecule has 0 aliphatic rings. The summed E-state index contributed by atoms with van der Waals surface area (Å²) < 4.78 is 5.08. The molecular weight excluding hydrogens is 208 g/mol. The van der Waals surface area contributed by atoms with Crippen LogP contribution in [0.25, 0.3) is 0 Å². The van der Waals surface area contributed by atoms with E-state index in [0.29, 0.717) is 19.6 Å². The maximum Gasteiger partial charge on any atom is 0.323 e. The molecule has 0 bridgehead atoms. The van der Waals surface area contributed by atoms with E-state index in [0.717, 1.165) is 6.54 Å². The van der Waals surface area contributed by atoms with Crippen molar-refractivity contribution < 1.29 is 14.6 Å². The van der Waals surface area contributed by atoms with Crippen LogP contribution >= 0.6 is 0 Å². The standard InChI is InChI=1S/C11H24N2O3/c1-5-13(9(2)8-16-4)7-6-11(3,12)10(14)15/h9H,5-8,12H2,1-4H3,(H,14,15).